The van der Waals surface area contributed by atoms with Gasteiger partial charge in [0.15, 0.2) is 5.78 Å². The second-order valence-corrected chi connectivity index (χ2v) is 8.58. The summed E-state index contributed by atoms with van der Waals surface area (Å²) < 4.78 is 6.11. The summed E-state index contributed by atoms with van der Waals surface area (Å²) >= 11 is 0. The lowest BCUT2D eigenvalue weighted by Crippen LogP contribution is -2.40. The maximum atomic E-state index is 12.3. The van der Waals surface area contributed by atoms with E-state index in [1.54, 1.807) is 6.08 Å². The van der Waals surface area contributed by atoms with Crippen LogP contribution in [0.15, 0.2) is 42.0 Å². The molecule has 1 saturated heterocycles. The van der Waals surface area contributed by atoms with Crippen molar-refractivity contribution in [3.05, 3.63) is 47.5 Å². The lowest BCUT2D eigenvalue weighted by Gasteiger charge is -2.21. The molecular weight excluding hydrogens is 390 g/mol. The van der Waals surface area contributed by atoms with Gasteiger partial charge in [-0.25, -0.2) is 0 Å². The van der Waals surface area contributed by atoms with Gasteiger partial charge in [-0.05, 0) is 41.7 Å². The summed E-state index contributed by atoms with van der Waals surface area (Å²) in [5, 5.41) is 4.14. The van der Waals surface area contributed by atoms with Crippen molar-refractivity contribution in [3.8, 4) is 5.75 Å². The SMILES string of the molecule is O=C1CC(=O)/C(=C/c2c(OCCCCC3CCCCC3)ccc3ccccc23)C(=O)N1. The fraction of sp³-hybridized carbons (Fsp3) is 0.423. The molecule has 0 aromatic heterocycles. The molecule has 1 aliphatic carbocycles. The number of hydrogen-bond acceptors (Lipinski definition) is 4. The zero-order valence-electron chi connectivity index (χ0n) is 17.8. The third kappa shape index (κ3) is 5.22. The number of ether oxygens (including phenoxy) is 1. The number of unbranched alkanes of at least 4 members (excludes halogenated alkanes) is 1. The Labute approximate surface area is 182 Å². The molecule has 5 heteroatoms. The quantitative estimate of drug-likeness (QED) is 0.226. The van der Waals surface area contributed by atoms with Crippen LogP contribution in [0.1, 0.15) is 63.4 Å². The number of carbonyl (C=O) groups is 3. The fourth-order valence-electron chi connectivity index (χ4n) is 4.64. The molecule has 0 spiro atoms. The van der Waals surface area contributed by atoms with E-state index in [1.165, 1.54) is 38.5 Å². The van der Waals surface area contributed by atoms with Crippen molar-refractivity contribution in [2.75, 3.05) is 6.61 Å². The van der Waals surface area contributed by atoms with Crippen molar-refractivity contribution in [2.45, 2.75) is 57.8 Å². The van der Waals surface area contributed by atoms with Crippen LogP contribution in [0.5, 0.6) is 5.75 Å². The van der Waals surface area contributed by atoms with Crippen molar-refractivity contribution < 1.29 is 19.1 Å². The monoisotopic (exact) mass is 419 g/mol. The number of carbonyl (C=O) groups excluding carboxylic acids is 3. The molecule has 4 rings (SSSR count). The van der Waals surface area contributed by atoms with E-state index >= 15 is 0 Å². The summed E-state index contributed by atoms with van der Waals surface area (Å²) in [5.74, 6) is -0.137. The topological polar surface area (TPSA) is 72.5 Å². The minimum absolute atomic E-state index is 0.00176. The molecule has 0 bridgehead atoms. The van der Waals surface area contributed by atoms with Crippen LogP contribution >= 0.6 is 0 Å². The zero-order chi connectivity index (χ0) is 21.6. The molecule has 2 aromatic carbocycles. The number of imide groups is 1. The minimum atomic E-state index is -0.646. The van der Waals surface area contributed by atoms with Crippen LogP contribution in [0.25, 0.3) is 16.8 Å². The molecule has 0 radical (unpaired) electrons. The Bertz CT molecular complexity index is 995. The minimum Gasteiger partial charge on any atom is -0.493 e. The molecule has 0 unspecified atom stereocenters. The number of fused-ring (bicyclic) bond motifs is 1. The number of ketones is 1. The number of amides is 2. The van der Waals surface area contributed by atoms with E-state index in [-0.39, 0.29) is 12.0 Å². The van der Waals surface area contributed by atoms with Gasteiger partial charge in [0, 0.05) is 5.56 Å². The Hall–Kier alpha value is -2.95. The number of nitrogens with one attached hydrogen (secondary N) is 1. The van der Waals surface area contributed by atoms with Crippen LogP contribution in [-0.4, -0.2) is 24.2 Å². The van der Waals surface area contributed by atoms with E-state index in [0.717, 1.165) is 29.5 Å². The first kappa shape index (κ1) is 21.3. The third-order valence-electron chi connectivity index (χ3n) is 6.33. The predicted octanol–water partition coefficient (Wildman–Crippen LogP) is 4.97. The molecule has 5 nitrogen and oxygen atoms in total. The summed E-state index contributed by atoms with van der Waals surface area (Å²) in [6.07, 6.45) is 11.5. The first-order valence-electron chi connectivity index (χ1n) is 11.4. The van der Waals surface area contributed by atoms with E-state index in [1.807, 2.05) is 36.4 Å². The Morgan fingerprint density at radius 1 is 0.968 bits per heavy atom. The Morgan fingerprint density at radius 2 is 1.77 bits per heavy atom. The van der Waals surface area contributed by atoms with Gasteiger partial charge in [-0.2, -0.15) is 0 Å². The van der Waals surface area contributed by atoms with Crippen molar-refractivity contribution >= 4 is 34.4 Å². The van der Waals surface area contributed by atoms with Gasteiger partial charge < -0.3 is 4.74 Å². The van der Waals surface area contributed by atoms with E-state index in [2.05, 4.69) is 5.32 Å². The number of piperidine rings is 1. The highest BCUT2D eigenvalue weighted by atomic mass is 16.5. The highest BCUT2D eigenvalue weighted by Gasteiger charge is 2.28. The zero-order valence-corrected chi connectivity index (χ0v) is 17.8. The van der Waals surface area contributed by atoms with Crippen LogP contribution in [-0.2, 0) is 14.4 Å². The maximum absolute atomic E-state index is 12.3. The van der Waals surface area contributed by atoms with Crippen molar-refractivity contribution in [2.24, 2.45) is 5.92 Å². The Morgan fingerprint density at radius 3 is 2.58 bits per heavy atom. The molecule has 2 amide bonds. The van der Waals surface area contributed by atoms with Crippen LogP contribution < -0.4 is 10.1 Å². The predicted molar refractivity (Wildman–Crippen MR) is 121 cm³/mol. The molecule has 2 aromatic rings. The van der Waals surface area contributed by atoms with E-state index in [0.29, 0.717) is 17.9 Å². The van der Waals surface area contributed by atoms with Crippen molar-refractivity contribution in [1.82, 2.24) is 5.32 Å². The summed E-state index contributed by atoms with van der Waals surface area (Å²) in [4.78, 5) is 36.1. The molecule has 1 heterocycles. The molecule has 2 aliphatic rings. The average molecular weight is 420 g/mol. The smallest absolute Gasteiger partial charge is 0.261 e. The van der Waals surface area contributed by atoms with Gasteiger partial charge in [0.2, 0.25) is 5.91 Å². The number of benzene rings is 2. The van der Waals surface area contributed by atoms with E-state index in [4.69, 9.17) is 4.74 Å². The van der Waals surface area contributed by atoms with Crippen molar-refractivity contribution in [3.63, 3.8) is 0 Å². The molecule has 162 valence electrons. The lowest BCUT2D eigenvalue weighted by atomic mass is 9.86. The normalized spacial score (nSPS) is 19.1. The van der Waals surface area contributed by atoms with Crippen LogP contribution in [0.3, 0.4) is 0 Å². The number of rotatable bonds is 7. The third-order valence-corrected chi connectivity index (χ3v) is 6.33. The van der Waals surface area contributed by atoms with Gasteiger partial charge >= 0.3 is 0 Å². The Balaban J connectivity index is 1.50. The van der Waals surface area contributed by atoms with Crippen LogP contribution in [0, 0.1) is 5.92 Å². The first-order chi connectivity index (χ1) is 15.1. The van der Waals surface area contributed by atoms with Gasteiger partial charge in [0.25, 0.3) is 5.91 Å². The summed E-state index contributed by atoms with van der Waals surface area (Å²) in [5.41, 5.74) is 0.705. The van der Waals surface area contributed by atoms with E-state index in [9.17, 15) is 14.4 Å². The molecule has 1 aliphatic heterocycles. The first-order valence-corrected chi connectivity index (χ1v) is 11.4. The van der Waals surface area contributed by atoms with Crippen LogP contribution in [0.4, 0.5) is 0 Å². The standard InChI is InChI=1S/C26H29NO4/c28-23-17-25(29)27-26(30)22(23)16-21-20-12-5-4-11-19(20)13-14-24(21)31-15-7-6-10-18-8-2-1-3-9-18/h4-5,11-14,16,18H,1-3,6-10,15,17H2,(H,27,29,30)/b22-16-. The molecule has 1 N–H and O–H groups in total. The largest absolute Gasteiger partial charge is 0.493 e. The highest BCUT2D eigenvalue weighted by Crippen LogP contribution is 2.32. The molecule has 1 saturated carbocycles. The second-order valence-electron chi connectivity index (χ2n) is 8.58. The maximum Gasteiger partial charge on any atom is 0.261 e. The van der Waals surface area contributed by atoms with Gasteiger partial charge in [-0.3, -0.25) is 19.7 Å². The van der Waals surface area contributed by atoms with Gasteiger partial charge in [-0.15, -0.1) is 0 Å². The Kier molecular flexibility index (Phi) is 6.80. The molecule has 2 fully saturated rings. The summed E-state index contributed by atoms with van der Waals surface area (Å²) in [7, 11) is 0. The second kappa shape index (κ2) is 9.90. The summed E-state index contributed by atoms with van der Waals surface area (Å²) in [6, 6.07) is 11.7. The van der Waals surface area contributed by atoms with Gasteiger partial charge in [-0.1, -0.05) is 68.9 Å². The molecular formula is C26H29NO4. The number of hydrogen-bond donors (Lipinski definition) is 1. The van der Waals surface area contributed by atoms with Crippen molar-refractivity contribution in [1.29, 1.82) is 0 Å². The van der Waals surface area contributed by atoms with Gasteiger partial charge in [0.05, 0.1) is 18.6 Å². The molecule has 0 atom stereocenters. The number of Topliss-reactive ketones (excluding diaryl/α,β-unsaturated/α-hetero) is 1. The lowest BCUT2D eigenvalue weighted by molar-refractivity contribution is -0.134. The highest BCUT2D eigenvalue weighted by molar-refractivity contribution is 6.33. The van der Waals surface area contributed by atoms with Crippen LogP contribution in [0.2, 0.25) is 0 Å². The molecule has 31 heavy (non-hydrogen) atoms. The van der Waals surface area contributed by atoms with E-state index < -0.39 is 17.6 Å². The summed E-state index contributed by atoms with van der Waals surface area (Å²) in [6.45, 7) is 0.597. The van der Waals surface area contributed by atoms with Gasteiger partial charge in [0.1, 0.15) is 5.75 Å². The average Bonchev–Trinajstić information content (AvgIpc) is 2.77. The fourth-order valence-corrected chi connectivity index (χ4v) is 4.64.